The highest BCUT2D eigenvalue weighted by atomic mass is 32.1. The Morgan fingerprint density at radius 1 is 1.07 bits per heavy atom. The number of aromatic nitrogens is 3. The molecule has 0 unspecified atom stereocenters. The molecule has 0 aliphatic carbocycles. The predicted octanol–water partition coefficient (Wildman–Crippen LogP) is 3.75. The molecule has 4 aromatic rings. The van der Waals surface area contributed by atoms with Crippen LogP contribution in [0.4, 0.5) is 0 Å². The van der Waals surface area contributed by atoms with Crippen LogP contribution in [0.5, 0.6) is 0 Å². The van der Waals surface area contributed by atoms with Gasteiger partial charge >= 0.3 is 0 Å². The minimum Gasteiger partial charge on any atom is -0.429 e. The summed E-state index contributed by atoms with van der Waals surface area (Å²) in [6, 6.07) is 15.8. The van der Waals surface area contributed by atoms with E-state index in [1.807, 2.05) is 51.9 Å². The van der Waals surface area contributed by atoms with Crippen molar-refractivity contribution >= 4 is 40.3 Å². The van der Waals surface area contributed by atoms with E-state index in [1.165, 1.54) is 0 Å². The molecule has 0 saturated carbocycles. The number of amides is 1. The van der Waals surface area contributed by atoms with E-state index in [0.29, 0.717) is 30.9 Å². The Morgan fingerprint density at radius 2 is 1.85 bits per heavy atom. The Hall–Kier alpha value is -2.93. The number of hydrogen-bond acceptors (Lipinski definition) is 4. The van der Waals surface area contributed by atoms with Crippen LogP contribution in [0.25, 0.3) is 22.1 Å². The zero-order valence-electron chi connectivity index (χ0n) is 14.7. The molecule has 0 bridgehead atoms. The van der Waals surface area contributed by atoms with Gasteiger partial charge in [-0.1, -0.05) is 24.3 Å². The van der Waals surface area contributed by atoms with Crippen LogP contribution in [0.3, 0.4) is 0 Å². The summed E-state index contributed by atoms with van der Waals surface area (Å²) in [4.78, 5) is 19.7. The first-order chi connectivity index (χ1) is 13.2. The lowest BCUT2D eigenvalue weighted by molar-refractivity contribution is -0.132. The molecule has 0 radical (unpaired) electrons. The highest BCUT2D eigenvalue weighted by molar-refractivity contribution is 7.71. The molecule has 0 spiro atoms. The molecular weight excluding hydrogens is 360 g/mol. The lowest BCUT2D eigenvalue weighted by Gasteiger charge is -2.28. The third-order valence-corrected chi connectivity index (χ3v) is 5.44. The van der Waals surface area contributed by atoms with Crippen molar-refractivity contribution in [2.75, 3.05) is 6.54 Å². The number of aryl methyl sites for hydroxylation is 1. The first kappa shape index (κ1) is 16.3. The smallest absolute Gasteiger partial charge is 0.269 e. The largest absolute Gasteiger partial charge is 0.429 e. The molecule has 0 fully saturated rings. The van der Waals surface area contributed by atoms with Crippen molar-refractivity contribution in [3.63, 3.8) is 0 Å². The van der Waals surface area contributed by atoms with Crippen LogP contribution in [0.15, 0.2) is 52.9 Å². The molecule has 3 heterocycles. The quantitative estimate of drug-likeness (QED) is 0.510. The van der Waals surface area contributed by atoms with Gasteiger partial charge < -0.3 is 13.9 Å². The molecule has 6 nitrogen and oxygen atoms in total. The van der Waals surface area contributed by atoms with Gasteiger partial charge in [-0.15, -0.1) is 0 Å². The number of carbonyl (C=O) groups excluding carboxylic acids is 1. The van der Waals surface area contributed by atoms with Crippen molar-refractivity contribution in [2.24, 2.45) is 0 Å². The molecule has 2 aromatic carbocycles. The van der Waals surface area contributed by atoms with Crippen LogP contribution in [-0.2, 0) is 24.4 Å². The van der Waals surface area contributed by atoms with Crippen LogP contribution in [0.1, 0.15) is 12.2 Å². The second-order valence-electron chi connectivity index (χ2n) is 6.72. The molecule has 0 N–H and O–H groups in total. The van der Waals surface area contributed by atoms with Gasteiger partial charge in [0.25, 0.3) is 4.84 Å². The van der Waals surface area contributed by atoms with Crippen LogP contribution in [-0.4, -0.2) is 31.5 Å². The summed E-state index contributed by atoms with van der Waals surface area (Å²) < 4.78 is 9.69. The second kappa shape index (κ2) is 6.35. The van der Waals surface area contributed by atoms with E-state index in [4.69, 9.17) is 16.6 Å². The number of nitrogens with zero attached hydrogens (tertiary/aromatic N) is 4. The maximum absolute atomic E-state index is 12.8. The van der Waals surface area contributed by atoms with Gasteiger partial charge in [-0.05, 0) is 36.5 Å². The van der Waals surface area contributed by atoms with E-state index in [-0.39, 0.29) is 5.91 Å². The first-order valence-corrected chi connectivity index (χ1v) is 9.42. The third-order valence-electron chi connectivity index (χ3n) is 5.14. The number of rotatable bonds is 3. The monoisotopic (exact) mass is 378 g/mol. The molecular formula is C20H18N4O2S. The maximum Gasteiger partial charge on any atom is 0.269 e. The predicted molar refractivity (Wildman–Crippen MR) is 105 cm³/mol. The van der Waals surface area contributed by atoms with Gasteiger partial charge in [0, 0.05) is 26.1 Å². The topological polar surface area (TPSA) is 56.2 Å². The fraction of sp³-hybridized carbons (Fsp3) is 0.250. The van der Waals surface area contributed by atoms with Crippen molar-refractivity contribution in [1.82, 2.24) is 19.0 Å². The molecule has 1 aliphatic heterocycles. The van der Waals surface area contributed by atoms with Crippen LogP contribution in [0, 0.1) is 4.84 Å². The van der Waals surface area contributed by atoms with Crippen molar-refractivity contribution in [1.29, 1.82) is 0 Å². The summed E-state index contributed by atoms with van der Waals surface area (Å²) in [5.74, 6) is 1.06. The van der Waals surface area contributed by atoms with Gasteiger partial charge in [0.2, 0.25) is 5.91 Å². The summed E-state index contributed by atoms with van der Waals surface area (Å²) in [5.41, 5.74) is 3.80. The van der Waals surface area contributed by atoms with Gasteiger partial charge in [0.1, 0.15) is 5.82 Å². The van der Waals surface area contributed by atoms with Gasteiger partial charge in [-0.25, -0.2) is 4.98 Å². The van der Waals surface area contributed by atoms with Gasteiger partial charge in [0.15, 0.2) is 5.58 Å². The van der Waals surface area contributed by atoms with Gasteiger partial charge in [-0.3, -0.25) is 9.36 Å². The Balaban J connectivity index is 1.33. The third kappa shape index (κ3) is 2.75. The molecule has 2 aromatic heterocycles. The lowest BCUT2D eigenvalue weighted by Crippen LogP contribution is -2.38. The molecule has 0 saturated heterocycles. The van der Waals surface area contributed by atoms with E-state index in [1.54, 1.807) is 0 Å². The van der Waals surface area contributed by atoms with Gasteiger partial charge in [-0.2, -0.15) is 0 Å². The number of hydrogen-bond donors (Lipinski definition) is 0. The Labute approximate surface area is 160 Å². The highest BCUT2D eigenvalue weighted by Gasteiger charge is 2.23. The average Bonchev–Trinajstić information content (AvgIpc) is 3.22. The molecule has 136 valence electrons. The van der Waals surface area contributed by atoms with E-state index in [2.05, 4.69) is 15.6 Å². The average molecular weight is 378 g/mol. The lowest BCUT2D eigenvalue weighted by atomic mass is 10.2. The van der Waals surface area contributed by atoms with Crippen molar-refractivity contribution in [3.8, 4) is 0 Å². The van der Waals surface area contributed by atoms with Crippen LogP contribution in [0.2, 0.25) is 0 Å². The maximum atomic E-state index is 12.8. The molecule has 5 rings (SSSR count). The molecule has 0 atom stereocenters. The minimum atomic E-state index is 0.112. The number of imidazole rings is 1. The summed E-state index contributed by atoms with van der Waals surface area (Å²) >= 11 is 5.31. The first-order valence-electron chi connectivity index (χ1n) is 9.01. The number of fused-ring (bicyclic) bond motifs is 4. The number of benzene rings is 2. The van der Waals surface area contributed by atoms with Crippen molar-refractivity contribution < 1.29 is 9.21 Å². The summed E-state index contributed by atoms with van der Waals surface area (Å²) in [5, 5.41) is 0. The SMILES string of the molecule is O=C(CCn1c(=S)oc2ccccc21)N1CCn2c(nc3ccccc32)C1. The standard InChI is InChI=1S/C20H18N4O2S/c25-19(9-10-24-16-7-3-4-8-17(16)26-20(24)27)22-11-12-23-15-6-2-1-5-14(15)21-18(23)13-22/h1-8H,9-13H2. The van der Waals surface area contributed by atoms with Crippen molar-refractivity contribution in [3.05, 3.63) is 59.2 Å². The summed E-state index contributed by atoms with van der Waals surface area (Å²) in [6.07, 6.45) is 0.387. The fourth-order valence-corrected chi connectivity index (χ4v) is 4.05. The molecule has 27 heavy (non-hydrogen) atoms. The van der Waals surface area contributed by atoms with Crippen LogP contribution < -0.4 is 0 Å². The zero-order valence-corrected chi connectivity index (χ0v) is 15.5. The second-order valence-corrected chi connectivity index (χ2v) is 7.07. The van der Waals surface area contributed by atoms with E-state index >= 15 is 0 Å². The number of para-hydroxylation sites is 4. The zero-order chi connectivity index (χ0) is 18.4. The van der Waals surface area contributed by atoms with E-state index < -0.39 is 0 Å². The summed E-state index contributed by atoms with van der Waals surface area (Å²) in [6.45, 7) is 2.53. The number of carbonyl (C=O) groups is 1. The molecule has 7 heteroatoms. The summed E-state index contributed by atoms with van der Waals surface area (Å²) in [7, 11) is 0. The highest BCUT2D eigenvalue weighted by Crippen LogP contribution is 2.22. The van der Waals surface area contributed by atoms with Crippen molar-refractivity contribution in [2.45, 2.75) is 26.1 Å². The fourth-order valence-electron chi connectivity index (χ4n) is 3.77. The Kier molecular flexibility index (Phi) is 3.82. The van der Waals surface area contributed by atoms with Gasteiger partial charge in [0.05, 0.1) is 23.1 Å². The number of oxazole rings is 1. The Morgan fingerprint density at radius 3 is 2.74 bits per heavy atom. The van der Waals surface area contributed by atoms with E-state index in [0.717, 1.165) is 34.5 Å². The normalized spacial score (nSPS) is 14.0. The molecule has 1 amide bonds. The Bertz CT molecular complexity index is 1220. The van der Waals surface area contributed by atoms with E-state index in [9.17, 15) is 4.79 Å². The van der Waals surface area contributed by atoms with Crippen LogP contribution >= 0.6 is 12.2 Å². The molecule has 1 aliphatic rings. The minimum absolute atomic E-state index is 0.112.